The van der Waals surface area contributed by atoms with E-state index in [-0.39, 0.29) is 22.6 Å². The molecule has 13 heteroatoms. The molecule has 0 nitrogen and oxygen atoms in total. The van der Waals surface area contributed by atoms with Gasteiger partial charge in [-0.15, -0.1) is 0 Å². The van der Waals surface area contributed by atoms with Crippen molar-refractivity contribution in [1.29, 1.82) is 0 Å². The van der Waals surface area contributed by atoms with E-state index in [4.69, 9.17) is 0 Å². The summed E-state index contributed by atoms with van der Waals surface area (Å²) in [5.74, 6) is 0. The Bertz CT molecular complexity index is 358. The van der Waals surface area contributed by atoms with Crippen molar-refractivity contribution < 1.29 is 52.7 Å². The maximum absolute atomic E-state index is 13.6. The fraction of sp³-hybridized carbons (Fsp3) is 1.00. The van der Waals surface area contributed by atoms with E-state index in [0.717, 1.165) is 0 Å². The highest BCUT2D eigenvalue weighted by Crippen LogP contribution is 2.57. The summed E-state index contributed by atoms with van der Waals surface area (Å²) in [6, 6.07) is 0. The van der Waals surface area contributed by atoms with Gasteiger partial charge < -0.3 is 0 Å². The second-order valence-corrected chi connectivity index (χ2v) is 5.89. The van der Waals surface area contributed by atoms with Gasteiger partial charge in [0.25, 0.3) is 0 Å². The van der Waals surface area contributed by atoms with Crippen molar-refractivity contribution in [2.75, 3.05) is 0 Å². The first kappa shape index (κ1) is 20.9. The summed E-state index contributed by atoms with van der Waals surface area (Å²) < 4.78 is 145. The SMILES string of the molecule is CC(F)(C(F)(F)F)C(F)(I)CC(F)(C(F)(F)F)C(F)(F)F. The number of hydrogen-bond donors (Lipinski definition) is 0. The summed E-state index contributed by atoms with van der Waals surface area (Å²) in [7, 11) is 0. The highest BCUT2D eigenvalue weighted by Gasteiger charge is 2.78. The third-order valence-electron chi connectivity index (χ3n) is 2.58. The Morgan fingerprint density at radius 2 is 0.905 bits per heavy atom. The topological polar surface area (TPSA) is 0 Å². The Labute approximate surface area is 123 Å². The van der Waals surface area contributed by atoms with Gasteiger partial charge >= 0.3 is 24.2 Å². The van der Waals surface area contributed by atoms with Crippen LogP contribution in [-0.4, -0.2) is 33.5 Å². The molecule has 0 amide bonds. The van der Waals surface area contributed by atoms with Crippen LogP contribution in [0.3, 0.4) is 0 Å². The Hall–Kier alpha value is -0.110. The van der Waals surface area contributed by atoms with Gasteiger partial charge in [0, 0.05) is 6.42 Å². The summed E-state index contributed by atoms with van der Waals surface area (Å²) in [6.45, 7) is -0.618. The molecule has 0 spiro atoms. The summed E-state index contributed by atoms with van der Waals surface area (Å²) in [6.07, 6.45) is -23.2. The van der Waals surface area contributed by atoms with Crippen LogP contribution in [0.1, 0.15) is 13.3 Å². The fourth-order valence-corrected chi connectivity index (χ4v) is 1.87. The van der Waals surface area contributed by atoms with Gasteiger partial charge in [-0.25, -0.2) is 13.2 Å². The molecule has 0 fully saturated rings. The molecule has 0 aliphatic heterocycles. The van der Waals surface area contributed by atoms with Gasteiger partial charge in [0.15, 0.2) is 0 Å². The van der Waals surface area contributed by atoms with Gasteiger partial charge in [0.2, 0.25) is 9.34 Å². The minimum Gasteiger partial charge on any atom is -0.230 e. The maximum atomic E-state index is 13.6. The number of halogens is 13. The summed E-state index contributed by atoms with van der Waals surface area (Å²) in [5, 5.41) is 0. The first-order valence-corrected chi connectivity index (χ1v) is 5.74. The van der Waals surface area contributed by atoms with Crippen LogP contribution in [0.25, 0.3) is 0 Å². The maximum Gasteiger partial charge on any atom is 0.431 e. The third kappa shape index (κ3) is 3.63. The van der Waals surface area contributed by atoms with Crippen LogP contribution < -0.4 is 0 Å². The van der Waals surface area contributed by atoms with Crippen LogP contribution >= 0.6 is 22.6 Å². The molecule has 0 heterocycles. The van der Waals surface area contributed by atoms with Gasteiger partial charge in [0.05, 0.1) is 0 Å². The van der Waals surface area contributed by atoms with Crippen LogP contribution in [0, 0.1) is 0 Å². The smallest absolute Gasteiger partial charge is 0.230 e. The molecule has 0 aliphatic rings. The molecule has 2 unspecified atom stereocenters. The first-order valence-electron chi connectivity index (χ1n) is 4.66. The third-order valence-corrected chi connectivity index (χ3v) is 3.98. The van der Waals surface area contributed by atoms with Crippen molar-refractivity contribution in [2.24, 2.45) is 0 Å². The molecule has 0 aromatic rings. The van der Waals surface area contributed by atoms with Crippen molar-refractivity contribution in [2.45, 2.75) is 46.9 Å². The van der Waals surface area contributed by atoms with E-state index in [2.05, 4.69) is 0 Å². The lowest BCUT2D eigenvalue weighted by molar-refractivity contribution is -0.352. The van der Waals surface area contributed by atoms with Crippen LogP contribution in [0.4, 0.5) is 52.7 Å². The second kappa shape index (κ2) is 5.22. The predicted molar refractivity (Wildman–Crippen MR) is 54.0 cm³/mol. The first-order chi connectivity index (χ1) is 8.71. The van der Waals surface area contributed by atoms with Crippen molar-refractivity contribution in [3.8, 4) is 0 Å². The minimum absolute atomic E-state index is 0.253. The van der Waals surface area contributed by atoms with Crippen LogP contribution in [0.15, 0.2) is 0 Å². The average Bonchev–Trinajstić information content (AvgIpc) is 2.10. The Balaban J connectivity index is 5.89. The zero-order valence-electron chi connectivity index (χ0n) is 9.62. The van der Waals surface area contributed by atoms with Gasteiger partial charge in [-0.2, -0.15) is 39.5 Å². The molecule has 128 valence electrons. The minimum atomic E-state index is -6.78. The summed E-state index contributed by atoms with van der Waals surface area (Å²) in [4.78, 5) is 0. The molecule has 0 radical (unpaired) electrons. The monoisotopic (exact) mass is 456 g/mol. The lowest BCUT2D eigenvalue weighted by atomic mass is 9.89. The summed E-state index contributed by atoms with van der Waals surface area (Å²) in [5.41, 5.74) is -11.5. The zero-order valence-corrected chi connectivity index (χ0v) is 11.8. The molecule has 2 atom stereocenters. The van der Waals surface area contributed by atoms with Crippen molar-refractivity contribution >= 4 is 22.6 Å². The Kier molecular flexibility index (Phi) is 5.19. The van der Waals surface area contributed by atoms with Gasteiger partial charge in [-0.1, -0.05) is 0 Å². The molecule has 0 aromatic heterocycles. The molecule has 0 saturated carbocycles. The lowest BCUT2D eigenvalue weighted by Crippen LogP contribution is -2.61. The van der Waals surface area contributed by atoms with Crippen LogP contribution in [0.2, 0.25) is 0 Å². The number of hydrogen-bond acceptors (Lipinski definition) is 0. The van der Waals surface area contributed by atoms with E-state index >= 15 is 0 Å². The molecule has 0 rings (SSSR count). The highest BCUT2D eigenvalue weighted by molar-refractivity contribution is 14.1. The summed E-state index contributed by atoms with van der Waals surface area (Å²) >= 11 is -0.253. The van der Waals surface area contributed by atoms with Crippen molar-refractivity contribution in [3.05, 3.63) is 0 Å². The van der Waals surface area contributed by atoms with Gasteiger partial charge in [-0.3, -0.25) is 0 Å². The fourth-order valence-electron chi connectivity index (χ4n) is 1.04. The van der Waals surface area contributed by atoms with E-state index in [1.54, 1.807) is 0 Å². The number of rotatable bonds is 3. The molecule has 0 N–H and O–H groups in total. The molecular weight excluding hydrogens is 451 g/mol. The van der Waals surface area contributed by atoms with E-state index in [1.807, 2.05) is 0 Å². The Morgan fingerprint density at radius 3 is 1.10 bits per heavy atom. The van der Waals surface area contributed by atoms with Crippen molar-refractivity contribution in [3.63, 3.8) is 0 Å². The zero-order chi connectivity index (χ0) is 17.7. The predicted octanol–water partition coefficient (Wildman–Crippen LogP) is 5.60. The lowest BCUT2D eigenvalue weighted by Gasteiger charge is -2.39. The van der Waals surface area contributed by atoms with E-state index in [9.17, 15) is 52.7 Å². The van der Waals surface area contributed by atoms with E-state index in [1.165, 1.54) is 0 Å². The average molecular weight is 456 g/mol. The van der Waals surface area contributed by atoms with E-state index in [0.29, 0.717) is 0 Å². The Morgan fingerprint density at radius 1 is 0.619 bits per heavy atom. The molecule has 0 bridgehead atoms. The molecule has 21 heavy (non-hydrogen) atoms. The normalized spacial score (nSPS) is 20.9. The van der Waals surface area contributed by atoms with Gasteiger partial charge in [-0.05, 0) is 29.5 Å². The van der Waals surface area contributed by atoms with E-state index < -0.39 is 46.9 Å². The van der Waals surface area contributed by atoms with Crippen LogP contribution in [0.5, 0.6) is 0 Å². The van der Waals surface area contributed by atoms with Crippen molar-refractivity contribution in [1.82, 2.24) is 0 Å². The largest absolute Gasteiger partial charge is 0.431 e. The van der Waals surface area contributed by atoms with Gasteiger partial charge in [0.1, 0.15) is 0 Å². The standard InChI is InChI=1S/C8H5F12I/c1-3(9,6(12,13)14)5(11,21)2-4(10,7(15,16)17)8(18,19)20/h2H2,1H3. The van der Waals surface area contributed by atoms with Crippen LogP contribution in [-0.2, 0) is 0 Å². The molecule has 0 aliphatic carbocycles. The number of alkyl halides is 13. The highest BCUT2D eigenvalue weighted by atomic mass is 127. The molecule has 0 aromatic carbocycles. The second-order valence-electron chi connectivity index (χ2n) is 4.18. The molecular formula is C8H5F12I. The molecule has 0 saturated heterocycles. The quantitative estimate of drug-likeness (QED) is 0.295.